The quantitative estimate of drug-likeness (QED) is 0.404. The molecule has 0 saturated heterocycles. The summed E-state index contributed by atoms with van der Waals surface area (Å²) in [6.07, 6.45) is 4.75. The average molecular weight is 421 g/mol. The van der Waals surface area contributed by atoms with E-state index in [-0.39, 0.29) is 23.8 Å². The van der Waals surface area contributed by atoms with Crippen LogP contribution in [0.4, 0.5) is 0 Å². The number of benzene rings is 2. The Morgan fingerprint density at radius 1 is 0.839 bits per heavy atom. The number of carbonyl (C=O) groups is 3. The van der Waals surface area contributed by atoms with E-state index in [1.165, 1.54) is 4.90 Å². The second kappa shape index (κ2) is 10.9. The summed E-state index contributed by atoms with van der Waals surface area (Å²) < 4.78 is 0. The van der Waals surface area contributed by atoms with Crippen LogP contribution in [-0.2, 0) is 4.79 Å². The summed E-state index contributed by atoms with van der Waals surface area (Å²) in [6.45, 7) is 4.76. The Bertz CT molecular complexity index is 873. The van der Waals surface area contributed by atoms with Gasteiger partial charge in [-0.15, -0.1) is 0 Å². The summed E-state index contributed by atoms with van der Waals surface area (Å²) in [5.41, 5.74) is 2.14. The second-order valence-electron chi connectivity index (χ2n) is 8.63. The Morgan fingerprint density at radius 3 is 2.03 bits per heavy atom. The van der Waals surface area contributed by atoms with E-state index in [1.807, 2.05) is 18.2 Å². The molecular formula is C26H32N2O3. The Balaban J connectivity index is 1.36. The summed E-state index contributed by atoms with van der Waals surface area (Å²) in [7, 11) is 0. The van der Waals surface area contributed by atoms with Crippen molar-refractivity contribution in [2.24, 2.45) is 5.92 Å². The molecule has 5 heteroatoms. The number of hydrogen-bond donors (Lipinski definition) is 1. The minimum absolute atomic E-state index is 0.0440. The number of imide groups is 1. The lowest BCUT2D eigenvalue weighted by Crippen LogP contribution is -2.30. The van der Waals surface area contributed by atoms with Gasteiger partial charge in [0.25, 0.3) is 11.8 Å². The van der Waals surface area contributed by atoms with E-state index in [2.05, 4.69) is 31.3 Å². The molecule has 3 rings (SSSR count). The standard InChI is InChI=1S/C26H32N2O3/c1-19(2)18-23(20-12-6-5-7-13-20)27-24(29)16-8-3-4-11-17-28-25(30)21-14-9-10-15-22(21)26(28)31/h5-7,9-10,12-15,19,23H,3-4,8,11,16-18H2,1-2H3,(H,27,29)/t23-/m1/s1. The first kappa shape index (κ1) is 22.7. The van der Waals surface area contributed by atoms with Crippen LogP contribution in [0.1, 0.15) is 84.7 Å². The van der Waals surface area contributed by atoms with E-state index in [0.717, 1.165) is 37.7 Å². The van der Waals surface area contributed by atoms with Crippen molar-refractivity contribution >= 4 is 17.7 Å². The molecule has 5 nitrogen and oxygen atoms in total. The maximum atomic E-state index is 12.5. The zero-order valence-corrected chi connectivity index (χ0v) is 18.5. The van der Waals surface area contributed by atoms with Gasteiger partial charge in [-0.1, -0.05) is 69.2 Å². The van der Waals surface area contributed by atoms with Crippen LogP contribution in [0.3, 0.4) is 0 Å². The van der Waals surface area contributed by atoms with E-state index in [9.17, 15) is 14.4 Å². The average Bonchev–Trinajstić information content (AvgIpc) is 3.01. The number of nitrogens with zero attached hydrogens (tertiary/aromatic N) is 1. The summed E-state index contributed by atoms with van der Waals surface area (Å²) in [4.78, 5) is 38.5. The highest BCUT2D eigenvalue weighted by Crippen LogP contribution is 2.23. The van der Waals surface area contributed by atoms with Gasteiger partial charge in [0.1, 0.15) is 0 Å². The molecule has 0 aliphatic carbocycles. The number of hydrogen-bond acceptors (Lipinski definition) is 3. The maximum Gasteiger partial charge on any atom is 0.261 e. The largest absolute Gasteiger partial charge is 0.349 e. The fourth-order valence-corrected chi connectivity index (χ4v) is 4.05. The first-order chi connectivity index (χ1) is 15.0. The van der Waals surface area contributed by atoms with Crippen LogP contribution >= 0.6 is 0 Å². The first-order valence-electron chi connectivity index (χ1n) is 11.3. The van der Waals surface area contributed by atoms with Gasteiger partial charge in [0.15, 0.2) is 0 Å². The van der Waals surface area contributed by atoms with E-state index in [1.54, 1.807) is 24.3 Å². The molecule has 3 amide bonds. The van der Waals surface area contributed by atoms with Gasteiger partial charge >= 0.3 is 0 Å². The lowest BCUT2D eigenvalue weighted by atomic mass is 9.97. The normalized spacial score (nSPS) is 14.1. The van der Waals surface area contributed by atoms with Gasteiger partial charge in [0.05, 0.1) is 17.2 Å². The first-order valence-corrected chi connectivity index (χ1v) is 11.3. The van der Waals surface area contributed by atoms with E-state index >= 15 is 0 Å². The summed E-state index contributed by atoms with van der Waals surface area (Å²) >= 11 is 0. The Kier molecular flexibility index (Phi) is 7.99. The Morgan fingerprint density at radius 2 is 1.42 bits per heavy atom. The van der Waals surface area contributed by atoms with Gasteiger partial charge in [-0.05, 0) is 42.9 Å². The Labute approximate surface area is 184 Å². The third-order valence-corrected chi connectivity index (χ3v) is 5.66. The molecule has 2 aromatic carbocycles. The zero-order chi connectivity index (χ0) is 22.2. The van der Waals surface area contributed by atoms with Gasteiger partial charge in [0, 0.05) is 13.0 Å². The zero-order valence-electron chi connectivity index (χ0n) is 18.5. The number of amides is 3. The lowest BCUT2D eigenvalue weighted by Gasteiger charge is -2.21. The van der Waals surface area contributed by atoms with Gasteiger partial charge in [-0.3, -0.25) is 19.3 Å². The van der Waals surface area contributed by atoms with Crippen molar-refractivity contribution in [2.45, 2.75) is 58.4 Å². The number of nitrogens with one attached hydrogen (secondary N) is 1. The van der Waals surface area contributed by atoms with Crippen molar-refractivity contribution in [1.29, 1.82) is 0 Å². The molecule has 0 bridgehead atoms. The van der Waals surface area contributed by atoms with Crippen LogP contribution in [0.5, 0.6) is 0 Å². The Hall–Kier alpha value is -2.95. The molecule has 0 spiro atoms. The SMILES string of the molecule is CC(C)C[C@@H](NC(=O)CCCCCCN1C(=O)c2ccccc2C1=O)c1ccccc1. The molecule has 1 atom stereocenters. The highest BCUT2D eigenvalue weighted by molar-refractivity contribution is 6.21. The second-order valence-corrected chi connectivity index (χ2v) is 8.63. The minimum Gasteiger partial charge on any atom is -0.349 e. The summed E-state index contributed by atoms with van der Waals surface area (Å²) in [5, 5.41) is 3.19. The number of rotatable bonds is 11. The van der Waals surface area contributed by atoms with Gasteiger partial charge in [0.2, 0.25) is 5.91 Å². The van der Waals surface area contributed by atoms with Crippen LogP contribution in [0.15, 0.2) is 54.6 Å². The van der Waals surface area contributed by atoms with E-state index in [0.29, 0.717) is 30.0 Å². The molecule has 31 heavy (non-hydrogen) atoms. The minimum atomic E-state index is -0.197. The molecule has 1 aliphatic rings. The highest BCUT2D eigenvalue weighted by Gasteiger charge is 2.34. The van der Waals surface area contributed by atoms with Crippen molar-refractivity contribution in [3.05, 3.63) is 71.3 Å². The van der Waals surface area contributed by atoms with Gasteiger partial charge < -0.3 is 5.32 Å². The molecule has 1 aliphatic heterocycles. The summed E-state index contributed by atoms with van der Waals surface area (Å²) in [5.74, 6) is 0.177. The highest BCUT2D eigenvalue weighted by atomic mass is 16.2. The third-order valence-electron chi connectivity index (χ3n) is 5.66. The smallest absolute Gasteiger partial charge is 0.261 e. The van der Waals surface area contributed by atoms with Crippen molar-refractivity contribution in [3.8, 4) is 0 Å². The molecular weight excluding hydrogens is 388 g/mol. The monoisotopic (exact) mass is 420 g/mol. The van der Waals surface area contributed by atoms with Crippen LogP contribution in [0, 0.1) is 5.92 Å². The van der Waals surface area contributed by atoms with Crippen molar-refractivity contribution in [3.63, 3.8) is 0 Å². The van der Waals surface area contributed by atoms with Gasteiger partial charge in [-0.25, -0.2) is 0 Å². The molecule has 0 fully saturated rings. The van der Waals surface area contributed by atoms with E-state index < -0.39 is 0 Å². The molecule has 2 aromatic rings. The van der Waals surface area contributed by atoms with Crippen molar-refractivity contribution < 1.29 is 14.4 Å². The fraction of sp³-hybridized carbons (Fsp3) is 0.423. The molecule has 0 radical (unpaired) electrons. The fourth-order valence-electron chi connectivity index (χ4n) is 4.05. The molecule has 164 valence electrons. The van der Waals surface area contributed by atoms with Crippen LogP contribution in [0.2, 0.25) is 0 Å². The third kappa shape index (κ3) is 6.03. The molecule has 0 unspecified atom stereocenters. The van der Waals surface area contributed by atoms with Gasteiger partial charge in [-0.2, -0.15) is 0 Å². The van der Waals surface area contributed by atoms with Crippen LogP contribution in [0.25, 0.3) is 0 Å². The predicted molar refractivity (Wildman–Crippen MR) is 122 cm³/mol. The number of fused-ring (bicyclic) bond motifs is 1. The number of carbonyl (C=O) groups excluding carboxylic acids is 3. The molecule has 1 N–H and O–H groups in total. The van der Waals surface area contributed by atoms with Crippen LogP contribution in [-0.4, -0.2) is 29.2 Å². The lowest BCUT2D eigenvalue weighted by molar-refractivity contribution is -0.122. The molecule has 0 saturated carbocycles. The van der Waals surface area contributed by atoms with Crippen molar-refractivity contribution in [2.75, 3.05) is 6.54 Å². The number of unbranched alkanes of at least 4 members (excludes halogenated alkanes) is 3. The summed E-state index contributed by atoms with van der Waals surface area (Å²) in [6, 6.07) is 17.1. The van der Waals surface area contributed by atoms with E-state index in [4.69, 9.17) is 0 Å². The van der Waals surface area contributed by atoms with Crippen LogP contribution < -0.4 is 5.32 Å². The maximum absolute atomic E-state index is 12.5. The molecule has 1 heterocycles. The van der Waals surface area contributed by atoms with Crippen molar-refractivity contribution in [1.82, 2.24) is 10.2 Å². The predicted octanol–water partition coefficient (Wildman–Crippen LogP) is 5.14. The molecule has 0 aromatic heterocycles. The topological polar surface area (TPSA) is 66.5 Å².